The molecule has 0 heterocycles. The molecule has 4 saturated carbocycles. The van der Waals surface area contributed by atoms with Gasteiger partial charge in [0.2, 0.25) is 0 Å². The fourth-order valence-corrected chi connectivity index (χ4v) is 7.66. The zero-order chi connectivity index (χ0) is 18.0. The molecule has 0 radical (unpaired) electrons. The molecular formula is C22H32O3. The topological polar surface area (TPSA) is 54.4 Å². The highest BCUT2D eigenvalue weighted by molar-refractivity contribution is 5.93. The Labute approximate surface area is 151 Å². The lowest BCUT2D eigenvalue weighted by Crippen LogP contribution is -2.58. The molecule has 0 aliphatic heterocycles. The van der Waals surface area contributed by atoms with Gasteiger partial charge >= 0.3 is 0 Å². The number of ketones is 2. The van der Waals surface area contributed by atoms with E-state index in [-0.39, 0.29) is 34.6 Å². The number of fused-ring (bicyclic) bond motifs is 5. The van der Waals surface area contributed by atoms with E-state index >= 15 is 0 Å². The van der Waals surface area contributed by atoms with E-state index in [1.807, 2.05) is 0 Å². The van der Waals surface area contributed by atoms with Crippen LogP contribution < -0.4 is 0 Å². The number of hydrogen-bond donors (Lipinski definition) is 1. The van der Waals surface area contributed by atoms with Crippen LogP contribution in [-0.4, -0.2) is 22.8 Å². The van der Waals surface area contributed by atoms with Crippen molar-refractivity contribution in [2.45, 2.75) is 71.3 Å². The van der Waals surface area contributed by atoms with Crippen LogP contribution in [0, 0.1) is 40.4 Å². The normalized spacial score (nSPS) is 52.0. The van der Waals surface area contributed by atoms with Crippen molar-refractivity contribution in [2.75, 3.05) is 0 Å². The van der Waals surface area contributed by atoms with Crippen molar-refractivity contribution < 1.29 is 14.7 Å². The third-order valence-electron chi connectivity index (χ3n) is 8.87. The summed E-state index contributed by atoms with van der Waals surface area (Å²) in [4.78, 5) is 25.8. The Morgan fingerprint density at radius 1 is 1.16 bits per heavy atom. The first-order valence-electron chi connectivity index (χ1n) is 10.2. The molecule has 1 N–H and O–H groups in total. The Hall–Kier alpha value is -0.960. The minimum Gasteiger partial charge on any atom is -0.393 e. The molecule has 4 aliphatic carbocycles. The summed E-state index contributed by atoms with van der Waals surface area (Å²) in [5.41, 5.74) is -0.109. The van der Waals surface area contributed by atoms with Gasteiger partial charge in [0, 0.05) is 18.3 Å². The molecule has 0 amide bonds. The molecule has 3 heteroatoms. The van der Waals surface area contributed by atoms with Gasteiger partial charge in [0.05, 0.1) is 6.10 Å². The highest BCUT2D eigenvalue weighted by Crippen LogP contribution is 2.66. The quantitative estimate of drug-likeness (QED) is 0.772. The lowest BCUT2D eigenvalue weighted by molar-refractivity contribution is -0.162. The van der Waals surface area contributed by atoms with Gasteiger partial charge in [-0.1, -0.05) is 20.4 Å². The molecule has 8 atom stereocenters. The van der Waals surface area contributed by atoms with Gasteiger partial charge in [0.25, 0.3) is 0 Å². The number of aliphatic hydroxyl groups is 1. The van der Waals surface area contributed by atoms with Crippen LogP contribution in [0.15, 0.2) is 12.7 Å². The van der Waals surface area contributed by atoms with Crippen LogP contribution in [0.1, 0.15) is 65.2 Å². The van der Waals surface area contributed by atoms with Gasteiger partial charge in [-0.05, 0) is 79.6 Å². The van der Waals surface area contributed by atoms with Crippen LogP contribution >= 0.6 is 0 Å². The summed E-state index contributed by atoms with van der Waals surface area (Å²) in [6, 6.07) is 0. The number of Topliss-reactive ketones (excluding diaryl/α,β-unsaturated/α-hetero) is 1. The predicted molar refractivity (Wildman–Crippen MR) is 96.8 cm³/mol. The van der Waals surface area contributed by atoms with Gasteiger partial charge in [-0.25, -0.2) is 0 Å². The summed E-state index contributed by atoms with van der Waals surface area (Å²) in [6.07, 6.45) is 8.76. The maximum Gasteiger partial charge on any atom is 0.158 e. The lowest BCUT2D eigenvalue weighted by atomic mass is 9.44. The van der Waals surface area contributed by atoms with Crippen LogP contribution in [0.3, 0.4) is 0 Å². The van der Waals surface area contributed by atoms with E-state index in [0.29, 0.717) is 30.0 Å². The number of carbonyl (C=O) groups is 2. The molecule has 25 heavy (non-hydrogen) atoms. The van der Waals surface area contributed by atoms with Crippen molar-refractivity contribution in [1.29, 1.82) is 0 Å². The average molecular weight is 344 g/mol. The van der Waals surface area contributed by atoms with E-state index in [4.69, 9.17) is 0 Å². The minimum absolute atomic E-state index is 0.0152. The first-order chi connectivity index (χ1) is 11.8. The van der Waals surface area contributed by atoms with Gasteiger partial charge < -0.3 is 5.11 Å². The second-order valence-electron chi connectivity index (χ2n) is 9.84. The number of rotatable bonds is 2. The molecule has 0 unspecified atom stereocenters. The van der Waals surface area contributed by atoms with Crippen molar-refractivity contribution in [2.24, 2.45) is 40.4 Å². The predicted octanol–water partition coefficient (Wildman–Crippen LogP) is 3.94. The van der Waals surface area contributed by atoms with Crippen molar-refractivity contribution >= 4 is 11.6 Å². The van der Waals surface area contributed by atoms with Crippen molar-refractivity contribution in [3.8, 4) is 0 Å². The first kappa shape index (κ1) is 17.5. The SMILES string of the molecule is C=CC(=O)[C@H]1CC[C@H]2[C@@H]3CC[C@H]4C[C@H](O)CC[C@]4(C)[C@H]3C(=O)C[C@]12C. The maximum absolute atomic E-state index is 13.4. The Bertz CT molecular complexity index is 610. The van der Waals surface area contributed by atoms with E-state index in [2.05, 4.69) is 20.4 Å². The molecule has 4 aliphatic rings. The molecule has 0 aromatic heterocycles. The highest BCUT2D eigenvalue weighted by Gasteiger charge is 2.63. The molecule has 0 bridgehead atoms. The fourth-order valence-electron chi connectivity index (χ4n) is 7.66. The van der Waals surface area contributed by atoms with Crippen LogP contribution in [0.2, 0.25) is 0 Å². The van der Waals surface area contributed by atoms with Crippen molar-refractivity contribution in [1.82, 2.24) is 0 Å². The van der Waals surface area contributed by atoms with E-state index in [9.17, 15) is 14.7 Å². The van der Waals surface area contributed by atoms with E-state index in [0.717, 1.165) is 44.9 Å². The Balaban J connectivity index is 1.67. The molecule has 0 saturated heterocycles. The van der Waals surface area contributed by atoms with E-state index in [1.165, 1.54) is 6.08 Å². The first-order valence-corrected chi connectivity index (χ1v) is 10.2. The second kappa shape index (κ2) is 5.77. The van der Waals surface area contributed by atoms with E-state index in [1.54, 1.807) is 0 Å². The molecule has 0 spiro atoms. The van der Waals surface area contributed by atoms with Crippen LogP contribution in [0.4, 0.5) is 0 Å². The zero-order valence-corrected chi connectivity index (χ0v) is 15.7. The number of aliphatic hydroxyl groups excluding tert-OH is 1. The number of hydrogen-bond acceptors (Lipinski definition) is 3. The second-order valence-corrected chi connectivity index (χ2v) is 9.84. The number of carbonyl (C=O) groups excluding carboxylic acids is 2. The minimum atomic E-state index is -0.181. The Morgan fingerprint density at radius 2 is 1.92 bits per heavy atom. The Morgan fingerprint density at radius 3 is 2.64 bits per heavy atom. The monoisotopic (exact) mass is 344 g/mol. The summed E-state index contributed by atoms with van der Waals surface area (Å²) >= 11 is 0. The van der Waals surface area contributed by atoms with Crippen LogP contribution in [0.25, 0.3) is 0 Å². The maximum atomic E-state index is 13.4. The molecule has 4 rings (SSSR count). The third kappa shape index (κ3) is 2.34. The van der Waals surface area contributed by atoms with E-state index < -0.39 is 0 Å². The van der Waals surface area contributed by atoms with Gasteiger partial charge in [-0.15, -0.1) is 0 Å². The molecule has 4 fully saturated rings. The molecule has 138 valence electrons. The molecule has 3 nitrogen and oxygen atoms in total. The summed E-state index contributed by atoms with van der Waals surface area (Å²) < 4.78 is 0. The Kier molecular flexibility index (Phi) is 4.03. The van der Waals surface area contributed by atoms with Crippen molar-refractivity contribution in [3.63, 3.8) is 0 Å². The summed E-state index contributed by atoms with van der Waals surface area (Å²) in [7, 11) is 0. The molecule has 0 aromatic carbocycles. The summed E-state index contributed by atoms with van der Waals surface area (Å²) in [5, 5.41) is 10.1. The van der Waals surface area contributed by atoms with Gasteiger partial charge in [-0.3, -0.25) is 9.59 Å². The molecule has 0 aromatic rings. The standard InChI is InChI=1S/C22H32O3/c1-4-18(24)17-8-7-16-15-6-5-13-11-14(23)9-10-21(13,2)20(15)19(25)12-22(16,17)3/h4,13-17,20,23H,1,5-12H2,2-3H3/t13-,14+,15-,16-,17+,20+,21-,22-/m0/s1. The fraction of sp³-hybridized carbons (Fsp3) is 0.818. The summed E-state index contributed by atoms with van der Waals surface area (Å²) in [5.74, 6) is 2.08. The number of allylic oxidation sites excluding steroid dienone is 1. The largest absolute Gasteiger partial charge is 0.393 e. The summed E-state index contributed by atoms with van der Waals surface area (Å²) in [6.45, 7) is 8.21. The van der Waals surface area contributed by atoms with Crippen molar-refractivity contribution in [3.05, 3.63) is 12.7 Å². The van der Waals surface area contributed by atoms with Gasteiger partial charge in [0.15, 0.2) is 5.78 Å². The zero-order valence-electron chi connectivity index (χ0n) is 15.7. The van der Waals surface area contributed by atoms with Crippen LogP contribution in [0.5, 0.6) is 0 Å². The smallest absolute Gasteiger partial charge is 0.158 e. The lowest BCUT2D eigenvalue weighted by Gasteiger charge is -2.59. The third-order valence-corrected chi connectivity index (χ3v) is 8.87. The highest BCUT2D eigenvalue weighted by atomic mass is 16.3. The van der Waals surface area contributed by atoms with Crippen LogP contribution in [-0.2, 0) is 9.59 Å². The van der Waals surface area contributed by atoms with Gasteiger partial charge in [0.1, 0.15) is 5.78 Å². The average Bonchev–Trinajstić information content (AvgIpc) is 2.91. The molecular weight excluding hydrogens is 312 g/mol. The van der Waals surface area contributed by atoms with Gasteiger partial charge in [-0.2, -0.15) is 0 Å².